The summed E-state index contributed by atoms with van der Waals surface area (Å²) in [6.45, 7) is 7.04. The first-order valence-electron chi connectivity index (χ1n) is 5.30. The summed E-state index contributed by atoms with van der Waals surface area (Å²) in [5, 5.41) is 9.00. The highest BCUT2D eigenvalue weighted by Gasteiger charge is 2.10. The fourth-order valence-corrected chi connectivity index (χ4v) is 1.63. The van der Waals surface area contributed by atoms with E-state index >= 15 is 0 Å². The standard InChI is InChI=1S/C12H20N2O/c1-9(2)14(6-7-15)11-4-5-12(13)10(3)8-11/h4-5,8-9,15H,6-7,13H2,1-3H3. The summed E-state index contributed by atoms with van der Waals surface area (Å²) in [5.74, 6) is 0. The van der Waals surface area contributed by atoms with Crippen molar-refractivity contribution in [3.63, 3.8) is 0 Å². The number of aliphatic hydroxyl groups is 1. The van der Waals surface area contributed by atoms with E-state index in [4.69, 9.17) is 10.8 Å². The molecule has 0 saturated heterocycles. The zero-order chi connectivity index (χ0) is 11.4. The molecule has 1 aromatic carbocycles. The van der Waals surface area contributed by atoms with Gasteiger partial charge < -0.3 is 15.7 Å². The Morgan fingerprint density at radius 2 is 2.07 bits per heavy atom. The minimum atomic E-state index is 0.168. The number of anilines is 2. The number of hydrogen-bond acceptors (Lipinski definition) is 3. The third-order valence-corrected chi connectivity index (χ3v) is 2.55. The fraction of sp³-hybridized carbons (Fsp3) is 0.500. The Bertz CT molecular complexity index is 323. The lowest BCUT2D eigenvalue weighted by Crippen LogP contribution is -2.33. The molecule has 0 aromatic heterocycles. The number of aliphatic hydroxyl groups excluding tert-OH is 1. The predicted octanol–water partition coefficient (Wildman–Crippen LogP) is 1.78. The molecule has 0 radical (unpaired) electrons. The molecule has 0 aliphatic carbocycles. The number of nitrogens with zero attached hydrogens (tertiary/aromatic N) is 1. The van der Waals surface area contributed by atoms with Crippen LogP contribution < -0.4 is 10.6 Å². The SMILES string of the molecule is Cc1cc(N(CCO)C(C)C)ccc1N. The van der Waals surface area contributed by atoms with E-state index in [2.05, 4.69) is 24.8 Å². The zero-order valence-corrected chi connectivity index (χ0v) is 9.70. The van der Waals surface area contributed by atoms with Gasteiger partial charge in [0.15, 0.2) is 0 Å². The van der Waals surface area contributed by atoms with Gasteiger partial charge in [0.05, 0.1) is 6.61 Å². The highest BCUT2D eigenvalue weighted by molar-refractivity contribution is 5.58. The van der Waals surface area contributed by atoms with E-state index in [1.807, 2.05) is 19.1 Å². The van der Waals surface area contributed by atoms with Crippen LogP contribution in [0.1, 0.15) is 19.4 Å². The van der Waals surface area contributed by atoms with Gasteiger partial charge in [-0.3, -0.25) is 0 Å². The summed E-state index contributed by atoms with van der Waals surface area (Å²) < 4.78 is 0. The molecule has 3 heteroatoms. The van der Waals surface area contributed by atoms with Crippen LogP contribution in [0.2, 0.25) is 0 Å². The normalized spacial score (nSPS) is 10.7. The average molecular weight is 208 g/mol. The van der Waals surface area contributed by atoms with Gasteiger partial charge in [-0.05, 0) is 44.5 Å². The number of nitrogen functional groups attached to an aromatic ring is 1. The minimum absolute atomic E-state index is 0.168. The number of aryl methyl sites for hydroxylation is 1. The molecule has 0 saturated carbocycles. The summed E-state index contributed by atoms with van der Waals surface area (Å²) in [6, 6.07) is 6.35. The van der Waals surface area contributed by atoms with E-state index in [1.165, 1.54) is 0 Å². The van der Waals surface area contributed by atoms with Crippen LogP contribution >= 0.6 is 0 Å². The smallest absolute Gasteiger partial charge is 0.0606 e. The monoisotopic (exact) mass is 208 g/mol. The lowest BCUT2D eigenvalue weighted by molar-refractivity contribution is 0.299. The van der Waals surface area contributed by atoms with E-state index in [1.54, 1.807) is 0 Å². The van der Waals surface area contributed by atoms with E-state index in [0.29, 0.717) is 12.6 Å². The first-order chi connectivity index (χ1) is 7.06. The Balaban J connectivity index is 2.95. The van der Waals surface area contributed by atoms with Crippen molar-refractivity contribution >= 4 is 11.4 Å². The summed E-state index contributed by atoms with van der Waals surface area (Å²) in [6.07, 6.45) is 0. The maximum atomic E-state index is 9.00. The first kappa shape index (κ1) is 11.9. The van der Waals surface area contributed by atoms with Gasteiger partial charge in [0.2, 0.25) is 0 Å². The van der Waals surface area contributed by atoms with Crippen LogP contribution in [-0.2, 0) is 0 Å². The Hall–Kier alpha value is -1.22. The molecule has 0 heterocycles. The molecule has 0 atom stereocenters. The van der Waals surface area contributed by atoms with Crippen LogP contribution in [-0.4, -0.2) is 24.3 Å². The second-order valence-electron chi connectivity index (χ2n) is 4.05. The van der Waals surface area contributed by atoms with Crippen molar-refractivity contribution in [1.82, 2.24) is 0 Å². The average Bonchev–Trinajstić information content (AvgIpc) is 2.18. The quantitative estimate of drug-likeness (QED) is 0.742. The van der Waals surface area contributed by atoms with Crippen molar-refractivity contribution in [3.05, 3.63) is 23.8 Å². The predicted molar refractivity (Wildman–Crippen MR) is 65.2 cm³/mol. The number of hydrogen-bond donors (Lipinski definition) is 2. The Labute approximate surface area is 91.5 Å². The van der Waals surface area contributed by atoms with Crippen LogP contribution in [0.15, 0.2) is 18.2 Å². The molecule has 1 rings (SSSR count). The van der Waals surface area contributed by atoms with Gasteiger partial charge in [-0.25, -0.2) is 0 Å². The molecule has 0 fully saturated rings. The molecule has 0 spiro atoms. The molecule has 0 bridgehead atoms. The van der Waals surface area contributed by atoms with Crippen molar-refractivity contribution in [2.75, 3.05) is 23.8 Å². The number of nitrogens with two attached hydrogens (primary N) is 1. The molecular formula is C12H20N2O. The van der Waals surface area contributed by atoms with Crippen LogP contribution in [0.4, 0.5) is 11.4 Å². The summed E-state index contributed by atoms with van der Waals surface area (Å²) in [4.78, 5) is 2.16. The maximum Gasteiger partial charge on any atom is 0.0606 e. The molecule has 3 N–H and O–H groups in total. The third kappa shape index (κ3) is 2.86. The van der Waals surface area contributed by atoms with E-state index in [9.17, 15) is 0 Å². The first-order valence-corrected chi connectivity index (χ1v) is 5.30. The topological polar surface area (TPSA) is 49.5 Å². The van der Waals surface area contributed by atoms with Crippen molar-refractivity contribution in [2.24, 2.45) is 0 Å². The molecule has 84 valence electrons. The second kappa shape index (κ2) is 5.03. The highest BCUT2D eigenvalue weighted by atomic mass is 16.3. The fourth-order valence-electron chi connectivity index (χ4n) is 1.63. The van der Waals surface area contributed by atoms with Crippen molar-refractivity contribution in [3.8, 4) is 0 Å². The lowest BCUT2D eigenvalue weighted by Gasteiger charge is -2.28. The van der Waals surface area contributed by atoms with Crippen molar-refractivity contribution in [2.45, 2.75) is 26.8 Å². The van der Waals surface area contributed by atoms with E-state index < -0.39 is 0 Å². The summed E-state index contributed by atoms with van der Waals surface area (Å²) in [7, 11) is 0. The highest BCUT2D eigenvalue weighted by Crippen LogP contribution is 2.21. The molecular weight excluding hydrogens is 188 g/mol. The van der Waals surface area contributed by atoms with Crippen molar-refractivity contribution < 1.29 is 5.11 Å². The van der Waals surface area contributed by atoms with Crippen LogP contribution in [0.5, 0.6) is 0 Å². The van der Waals surface area contributed by atoms with Gasteiger partial charge in [0.1, 0.15) is 0 Å². The van der Waals surface area contributed by atoms with Crippen LogP contribution in [0, 0.1) is 6.92 Å². The number of benzene rings is 1. The van der Waals surface area contributed by atoms with Gasteiger partial charge in [0, 0.05) is 24.0 Å². The van der Waals surface area contributed by atoms with Crippen LogP contribution in [0.25, 0.3) is 0 Å². The van der Waals surface area contributed by atoms with Crippen molar-refractivity contribution in [1.29, 1.82) is 0 Å². The molecule has 0 unspecified atom stereocenters. The molecule has 0 amide bonds. The second-order valence-corrected chi connectivity index (χ2v) is 4.05. The molecule has 1 aromatic rings. The lowest BCUT2D eigenvalue weighted by atomic mass is 10.1. The third-order valence-electron chi connectivity index (χ3n) is 2.55. The van der Waals surface area contributed by atoms with Gasteiger partial charge in [-0.1, -0.05) is 0 Å². The van der Waals surface area contributed by atoms with Gasteiger partial charge >= 0.3 is 0 Å². The molecule has 0 aliphatic heterocycles. The molecule has 15 heavy (non-hydrogen) atoms. The summed E-state index contributed by atoms with van der Waals surface area (Å²) in [5.41, 5.74) is 8.78. The Morgan fingerprint density at radius 3 is 2.53 bits per heavy atom. The van der Waals surface area contributed by atoms with Gasteiger partial charge in [-0.15, -0.1) is 0 Å². The largest absolute Gasteiger partial charge is 0.399 e. The maximum absolute atomic E-state index is 9.00. The summed E-state index contributed by atoms with van der Waals surface area (Å²) >= 11 is 0. The zero-order valence-electron chi connectivity index (χ0n) is 9.70. The van der Waals surface area contributed by atoms with E-state index in [0.717, 1.165) is 16.9 Å². The molecule has 3 nitrogen and oxygen atoms in total. The van der Waals surface area contributed by atoms with Gasteiger partial charge in [0.25, 0.3) is 0 Å². The van der Waals surface area contributed by atoms with Crippen LogP contribution in [0.3, 0.4) is 0 Å². The number of rotatable bonds is 4. The Kier molecular flexibility index (Phi) is 3.97. The molecule has 0 aliphatic rings. The van der Waals surface area contributed by atoms with E-state index in [-0.39, 0.29) is 6.61 Å². The van der Waals surface area contributed by atoms with Gasteiger partial charge in [-0.2, -0.15) is 0 Å². The minimum Gasteiger partial charge on any atom is -0.399 e. The Morgan fingerprint density at radius 1 is 1.40 bits per heavy atom.